The van der Waals surface area contributed by atoms with Gasteiger partial charge in [0.05, 0.1) is 29.7 Å². The van der Waals surface area contributed by atoms with E-state index in [0.29, 0.717) is 16.4 Å². The standard InChI is InChI=1S/C22H19ClN6O/c23-17-9-10-20(29-15-24-14-27-29)19(12-17)28-21(30)13-26-22(16-6-2-1-3-7-16)18-8-4-5-11-25-18/h1-12,14-15,22,26H,13H2,(H,28,30). The summed E-state index contributed by atoms with van der Waals surface area (Å²) in [5, 5.41) is 10.8. The third kappa shape index (κ3) is 4.71. The van der Waals surface area contributed by atoms with Crippen molar-refractivity contribution in [2.45, 2.75) is 6.04 Å². The van der Waals surface area contributed by atoms with Gasteiger partial charge in [-0.15, -0.1) is 0 Å². The second kappa shape index (κ2) is 9.30. The molecule has 0 aliphatic rings. The summed E-state index contributed by atoms with van der Waals surface area (Å²) >= 11 is 6.13. The molecule has 0 fully saturated rings. The largest absolute Gasteiger partial charge is 0.323 e. The van der Waals surface area contributed by atoms with E-state index >= 15 is 0 Å². The number of nitrogens with one attached hydrogen (secondary N) is 2. The lowest BCUT2D eigenvalue weighted by atomic mass is 10.0. The van der Waals surface area contributed by atoms with Gasteiger partial charge < -0.3 is 5.32 Å². The molecular formula is C22H19ClN6O. The van der Waals surface area contributed by atoms with Crippen LogP contribution in [-0.4, -0.2) is 32.2 Å². The van der Waals surface area contributed by atoms with Gasteiger partial charge in [-0.2, -0.15) is 5.10 Å². The number of amides is 1. The maximum atomic E-state index is 12.7. The average molecular weight is 419 g/mol. The molecule has 1 unspecified atom stereocenters. The second-order valence-electron chi connectivity index (χ2n) is 6.53. The third-order valence-electron chi connectivity index (χ3n) is 4.48. The van der Waals surface area contributed by atoms with Crippen molar-refractivity contribution in [2.24, 2.45) is 0 Å². The highest BCUT2D eigenvalue weighted by Crippen LogP contribution is 2.24. The molecule has 0 radical (unpaired) electrons. The van der Waals surface area contributed by atoms with Crippen LogP contribution in [0.25, 0.3) is 5.69 Å². The van der Waals surface area contributed by atoms with Crippen LogP contribution in [0, 0.1) is 0 Å². The summed E-state index contributed by atoms with van der Waals surface area (Å²) in [5.41, 5.74) is 3.08. The highest BCUT2D eigenvalue weighted by Gasteiger charge is 2.17. The smallest absolute Gasteiger partial charge is 0.238 e. The molecule has 2 aromatic heterocycles. The molecule has 1 amide bonds. The maximum absolute atomic E-state index is 12.7. The van der Waals surface area contributed by atoms with Crippen LogP contribution in [0.4, 0.5) is 5.69 Å². The van der Waals surface area contributed by atoms with Crippen molar-refractivity contribution in [3.63, 3.8) is 0 Å². The van der Waals surface area contributed by atoms with Crippen LogP contribution in [0.1, 0.15) is 17.3 Å². The van der Waals surface area contributed by atoms with Gasteiger partial charge in [-0.1, -0.05) is 48.0 Å². The summed E-state index contributed by atoms with van der Waals surface area (Å²) < 4.78 is 1.57. The number of rotatable bonds is 7. The normalized spacial score (nSPS) is 11.8. The molecular weight excluding hydrogens is 400 g/mol. The highest BCUT2D eigenvalue weighted by atomic mass is 35.5. The number of anilines is 1. The van der Waals surface area contributed by atoms with Gasteiger partial charge in [0.15, 0.2) is 0 Å². The Labute approximate surface area is 178 Å². The van der Waals surface area contributed by atoms with E-state index in [0.717, 1.165) is 11.3 Å². The molecule has 4 rings (SSSR count). The predicted molar refractivity (Wildman–Crippen MR) is 116 cm³/mol. The zero-order valence-corrected chi connectivity index (χ0v) is 16.7. The van der Waals surface area contributed by atoms with Gasteiger partial charge >= 0.3 is 0 Å². The Morgan fingerprint density at radius 3 is 2.63 bits per heavy atom. The summed E-state index contributed by atoms with van der Waals surface area (Å²) in [5.74, 6) is -0.213. The van der Waals surface area contributed by atoms with Crippen LogP contribution >= 0.6 is 11.6 Å². The summed E-state index contributed by atoms with van der Waals surface area (Å²) in [6.07, 6.45) is 4.73. The molecule has 7 nitrogen and oxygen atoms in total. The third-order valence-corrected chi connectivity index (χ3v) is 4.72. The van der Waals surface area contributed by atoms with Gasteiger partial charge in [-0.25, -0.2) is 9.67 Å². The Bertz CT molecular complexity index is 1060. The fraction of sp³-hybridized carbons (Fsp3) is 0.0909. The summed E-state index contributed by atoms with van der Waals surface area (Å²) in [6, 6.07) is 20.6. The first-order valence-electron chi connectivity index (χ1n) is 9.34. The number of carbonyl (C=O) groups is 1. The average Bonchev–Trinajstić information content (AvgIpc) is 3.30. The van der Waals surface area contributed by atoms with Gasteiger partial charge in [0, 0.05) is 11.2 Å². The molecule has 150 valence electrons. The monoisotopic (exact) mass is 418 g/mol. The first-order chi connectivity index (χ1) is 14.7. The topological polar surface area (TPSA) is 84.7 Å². The maximum Gasteiger partial charge on any atom is 0.238 e. The van der Waals surface area contributed by atoms with E-state index in [2.05, 4.69) is 25.7 Å². The molecule has 30 heavy (non-hydrogen) atoms. The number of carbonyl (C=O) groups excluding carboxylic acids is 1. The zero-order valence-electron chi connectivity index (χ0n) is 15.9. The zero-order chi connectivity index (χ0) is 20.8. The van der Waals surface area contributed by atoms with Gasteiger partial charge in [-0.3, -0.25) is 15.1 Å². The minimum atomic E-state index is -0.215. The van der Waals surface area contributed by atoms with E-state index in [9.17, 15) is 4.79 Å². The van der Waals surface area contributed by atoms with E-state index in [1.807, 2.05) is 48.5 Å². The number of halogens is 1. The van der Waals surface area contributed by atoms with Crippen LogP contribution in [0.15, 0.2) is 85.6 Å². The molecule has 0 aliphatic heterocycles. The second-order valence-corrected chi connectivity index (χ2v) is 6.97. The van der Waals surface area contributed by atoms with Crippen molar-refractivity contribution >= 4 is 23.2 Å². The van der Waals surface area contributed by atoms with Gasteiger partial charge in [0.1, 0.15) is 12.7 Å². The molecule has 0 saturated carbocycles. The van der Waals surface area contributed by atoms with E-state index in [-0.39, 0.29) is 18.5 Å². The molecule has 0 saturated heterocycles. The van der Waals surface area contributed by atoms with Crippen LogP contribution in [-0.2, 0) is 4.79 Å². The lowest BCUT2D eigenvalue weighted by molar-refractivity contribution is -0.115. The molecule has 2 heterocycles. The molecule has 0 spiro atoms. The predicted octanol–water partition coefficient (Wildman–Crippen LogP) is 3.63. The van der Waals surface area contributed by atoms with Crippen LogP contribution in [0.5, 0.6) is 0 Å². The first kappa shape index (κ1) is 19.8. The first-order valence-corrected chi connectivity index (χ1v) is 9.72. The lowest BCUT2D eigenvalue weighted by Gasteiger charge is -2.19. The fourth-order valence-electron chi connectivity index (χ4n) is 3.12. The Balaban J connectivity index is 1.51. The van der Waals surface area contributed by atoms with E-state index in [4.69, 9.17) is 11.6 Å². The van der Waals surface area contributed by atoms with Gasteiger partial charge in [-0.05, 0) is 35.9 Å². The number of hydrogen-bond donors (Lipinski definition) is 2. The minimum Gasteiger partial charge on any atom is -0.323 e. The van der Waals surface area contributed by atoms with Crippen molar-refractivity contribution in [3.8, 4) is 5.69 Å². The number of aromatic nitrogens is 4. The van der Waals surface area contributed by atoms with Crippen LogP contribution < -0.4 is 10.6 Å². The number of benzene rings is 2. The molecule has 0 aliphatic carbocycles. The SMILES string of the molecule is O=C(CNC(c1ccccc1)c1ccccn1)Nc1cc(Cl)ccc1-n1cncn1. The van der Waals surface area contributed by atoms with Crippen molar-refractivity contribution in [1.29, 1.82) is 0 Å². The summed E-state index contributed by atoms with van der Waals surface area (Å²) in [7, 11) is 0. The van der Waals surface area contributed by atoms with Gasteiger partial charge in [0.25, 0.3) is 0 Å². The number of nitrogens with zero attached hydrogens (tertiary/aromatic N) is 4. The minimum absolute atomic E-state index is 0.0828. The fourth-order valence-corrected chi connectivity index (χ4v) is 3.29. The van der Waals surface area contributed by atoms with E-state index in [1.165, 1.54) is 6.33 Å². The number of pyridine rings is 1. The lowest BCUT2D eigenvalue weighted by Crippen LogP contribution is -2.32. The Hall–Kier alpha value is -3.55. The molecule has 4 aromatic rings. The molecule has 2 aromatic carbocycles. The van der Waals surface area contributed by atoms with Crippen molar-refractivity contribution in [2.75, 3.05) is 11.9 Å². The molecule has 1 atom stereocenters. The number of hydrogen-bond acceptors (Lipinski definition) is 5. The van der Waals surface area contributed by atoms with Crippen LogP contribution in [0.3, 0.4) is 0 Å². The molecule has 2 N–H and O–H groups in total. The van der Waals surface area contributed by atoms with E-state index < -0.39 is 0 Å². The van der Waals surface area contributed by atoms with Crippen LogP contribution in [0.2, 0.25) is 5.02 Å². The molecule has 0 bridgehead atoms. The van der Waals surface area contributed by atoms with Crippen molar-refractivity contribution in [1.82, 2.24) is 25.1 Å². The van der Waals surface area contributed by atoms with E-state index in [1.54, 1.807) is 35.4 Å². The Morgan fingerprint density at radius 2 is 1.90 bits per heavy atom. The molecule has 8 heteroatoms. The van der Waals surface area contributed by atoms with Crippen molar-refractivity contribution in [3.05, 3.63) is 102 Å². The Morgan fingerprint density at radius 1 is 1.07 bits per heavy atom. The van der Waals surface area contributed by atoms with Gasteiger partial charge in [0.2, 0.25) is 5.91 Å². The quantitative estimate of drug-likeness (QED) is 0.478. The van der Waals surface area contributed by atoms with Crippen molar-refractivity contribution < 1.29 is 4.79 Å². The summed E-state index contributed by atoms with van der Waals surface area (Å²) in [6.45, 7) is 0.0828. The highest BCUT2D eigenvalue weighted by molar-refractivity contribution is 6.31. The Kier molecular flexibility index (Phi) is 6.12. The summed E-state index contributed by atoms with van der Waals surface area (Å²) in [4.78, 5) is 21.1.